The quantitative estimate of drug-likeness (QED) is 0.305. The highest BCUT2D eigenvalue weighted by atomic mass is 32.1. The number of para-hydroxylation sites is 1. The zero-order valence-electron chi connectivity index (χ0n) is 18.4. The first-order chi connectivity index (χ1) is 16.4. The molecule has 0 saturated heterocycles. The zero-order chi connectivity index (χ0) is 23.6. The van der Waals surface area contributed by atoms with Crippen molar-refractivity contribution >= 4 is 43.6 Å². The third-order valence-electron chi connectivity index (χ3n) is 6.24. The van der Waals surface area contributed by atoms with Crippen molar-refractivity contribution < 1.29 is 13.6 Å². The van der Waals surface area contributed by atoms with Crippen molar-refractivity contribution in [1.82, 2.24) is 4.98 Å². The number of carbonyl (C=O) groups is 1. The van der Waals surface area contributed by atoms with Crippen LogP contribution in [0.2, 0.25) is 0 Å². The number of hydrogen-bond acceptors (Lipinski definition) is 5. The van der Waals surface area contributed by atoms with Crippen molar-refractivity contribution in [2.75, 3.05) is 4.90 Å². The van der Waals surface area contributed by atoms with Crippen molar-refractivity contribution in [3.8, 4) is 0 Å². The zero-order valence-corrected chi connectivity index (χ0v) is 19.2. The van der Waals surface area contributed by atoms with Crippen LogP contribution < -0.4 is 10.3 Å². The molecule has 0 spiro atoms. The minimum Gasteiger partial charge on any atom is -0.450 e. The maximum Gasteiger partial charge on any atom is 0.297 e. The minimum absolute atomic E-state index is 0.0204. The number of rotatable bonds is 3. The van der Waals surface area contributed by atoms with E-state index >= 15 is 0 Å². The molecule has 0 aliphatic carbocycles. The summed E-state index contributed by atoms with van der Waals surface area (Å²) in [6, 6.07) is 18.4. The van der Waals surface area contributed by atoms with E-state index in [1.807, 2.05) is 24.3 Å². The smallest absolute Gasteiger partial charge is 0.297 e. The minimum atomic E-state index is -0.699. The molecule has 1 amide bonds. The third kappa shape index (κ3) is 3.08. The Labute approximate surface area is 198 Å². The van der Waals surface area contributed by atoms with E-state index in [1.165, 1.54) is 28.4 Å². The predicted octanol–water partition coefficient (Wildman–Crippen LogP) is 6.42. The second kappa shape index (κ2) is 7.60. The number of hydrogen-bond donors (Lipinski definition) is 0. The number of amides is 1. The molecule has 3 aromatic carbocycles. The van der Waals surface area contributed by atoms with Gasteiger partial charge in [0.05, 0.1) is 27.2 Å². The Bertz CT molecular complexity index is 1650. The first kappa shape index (κ1) is 20.7. The van der Waals surface area contributed by atoms with Crippen molar-refractivity contribution in [3.05, 3.63) is 105 Å². The number of anilines is 1. The van der Waals surface area contributed by atoms with E-state index in [-0.39, 0.29) is 17.0 Å². The van der Waals surface area contributed by atoms with Gasteiger partial charge in [-0.05, 0) is 47.4 Å². The summed E-state index contributed by atoms with van der Waals surface area (Å²) < 4.78 is 20.4. The fraction of sp³-hybridized carbons (Fsp3) is 0.148. The van der Waals surface area contributed by atoms with Gasteiger partial charge in [-0.25, -0.2) is 9.37 Å². The Morgan fingerprint density at radius 3 is 2.56 bits per heavy atom. The van der Waals surface area contributed by atoms with E-state index in [1.54, 1.807) is 30.3 Å². The van der Waals surface area contributed by atoms with Crippen molar-refractivity contribution in [1.29, 1.82) is 0 Å². The van der Waals surface area contributed by atoms with Crippen LogP contribution in [0.3, 0.4) is 0 Å². The molecule has 0 unspecified atom stereocenters. The molecule has 5 aromatic rings. The highest BCUT2D eigenvalue weighted by Gasteiger charge is 2.45. The van der Waals surface area contributed by atoms with Gasteiger partial charge in [0.25, 0.3) is 5.91 Å². The van der Waals surface area contributed by atoms with Gasteiger partial charge in [0.2, 0.25) is 5.76 Å². The van der Waals surface area contributed by atoms with Crippen LogP contribution in [0, 0.1) is 5.82 Å². The Kier molecular flexibility index (Phi) is 4.64. The average molecular weight is 471 g/mol. The molecule has 1 aliphatic heterocycles. The first-order valence-electron chi connectivity index (χ1n) is 11.0. The number of nitrogens with zero attached hydrogens (tertiary/aromatic N) is 2. The largest absolute Gasteiger partial charge is 0.450 e. The average Bonchev–Trinajstić information content (AvgIpc) is 3.37. The van der Waals surface area contributed by atoms with E-state index in [4.69, 9.17) is 4.42 Å². The monoisotopic (exact) mass is 470 g/mol. The molecule has 3 heterocycles. The molecule has 0 N–H and O–H groups in total. The number of aromatic nitrogens is 1. The maximum atomic E-state index is 13.8. The second-order valence-corrected chi connectivity index (χ2v) is 9.69. The molecule has 0 bridgehead atoms. The summed E-state index contributed by atoms with van der Waals surface area (Å²) in [5.41, 5.74) is 2.94. The normalized spacial score (nSPS) is 15.6. The van der Waals surface area contributed by atoms with Crippen LogP contribution in [-0.4, -0.2) is 10.9 Å². The van der Waals surface area contributed by atoms with Gasteiger partial charge in [-0.1, -0.05) is 61.6 Å². The maximum absolute atomic E-state index is 13.8. The molecule has 0 radical (unpaired) electrons. The Hall–Kier alpha value is -3.84. The SMILES string of the molecule is CC(C)c1ccc([C@@H]2c3c(oc4ccccc4c3=O)C(=O)N2c2nc3ccc(F)cc3s2)cc1. The van der Waals surface area contributed by atoms with Crippen LogP contribution in [0.4, 0.5) is 9.52 Å². The highest BCUT2D eigenvalue weighted by molar-refractivity contribution is 7.22. The number of benzene rings is 3. The lowest BCUT2D eigenvalue weighted by Gasteiger charge is -2.23. The van der Waals surface area contributed by atoms with Crippen LogP contribution in [-0.2, 0) is 0 Å². The third-order valence-corrected chi connectivity index (χ3v) is 7.26. The lowest BCUT2D eigenvalue weighted by molar-refractivity contribution is 0.0971. The summed E-state index contributed by atoms with van der Waals surface area (Å²) in [6.45, 7) is 4.22. The second-order valence-electron chi connectivity index (χ2n) is 8.68. The Morgan fingerprint density at radius 1 is 1.03 bits per heavy atom. The molecule has 34 heavy (non-hydrogen) atoms. The van der Waals surface area contributed by atoms with Gasteiger partial charge in [-0.15, -0.1) is 0 Å². The number of carbonyl (C=O) groups excluding carboxylic acids is 1. The van der Waals surface area contributed by atoms with E-state index < -0.39 is 11.9 Å². The van der Waals surface area contributed by atoms with Crippen molar-refractivity contribution in [2.24, 2.45) is 0 Å². The topological polar surface area (TPSA) is 63.4 Å². The molecule has 6 rings (SSSR count). The van der Waals surface area contributed by atoms with Gasteiger partial charge in [0.1, 0.15) is 11.4 Å². The van der Waals surface area contributed by atoms with E-state index in [9.17, 15) is 14.0 Å². The van der Waals surface area contributed by atoms with Crippen LogP contribution in [0.25, 0.3) is 21.2 Å². The van der Waals surface area contributed by atoms with Gasteiger partial charge in [0, 0.05) is 0 Å². The van der Waals surface area contributed by atoms with Crippen molar-refractivity contribution in [2.45, 2.75) is 25.8 Å². The molecule has 7 heteroatoms. The molecule has 168 valence electrons. The molecule has 1 atom stereocenters. The lowest BCUT2D eigenvalue weighted by Crippen LogP contribution is -2.29. The Balaban J connectivity index is 1.61. The summed E-state index contributed by atoms with van der Waals surface area (Å²) in [7, 11) is 0. The molecule has 0 fully saturated rings. The van der Waals surface area contributed by atoms with Crippen molar-refractivity contribution in [3.63, 3.8) is 0 Å². The fourth-order valence-corrected chi connectivity index (χ4v) is 5.50. The summed E-state index contributed by atoms with van der Waals surface area (Å²) >= 11 is 1.21. The summed E-state index contributed by atoms with van der Waals surface area (Å²) in [6.07, 6.45) is 0. The Morgan fingerprint density at radius 2 is 1.79 bits per heavy atom. The van der Waals surface area contributed by atoms with Gasteiger partial charge in [0.15, 0.2) is 10.6 Å². The highest BCUT2D eigenvalue weighted by Crippen LogP contribution is 2.43. The van der Waals surface area contributed by atoms with Gasteiger partial charge < -0.3 is 4.42 Å². The summed E-state index contributed by atoms with van der Waals surface area (Å²) in [4.78, 5) is 33.4. The summed E-state index contributed by atoms with van der Waals surface area (Å²) in [5.74, 6) is -0.444. The van der Waals surface area contributed by atoms with Crippen LogP contribution in [0.5, 0.6) is 0 Å². The summed E-state index contributed by atoms with van der Waals surface area (Å²) in [5, 5.41) is 0.810. The number of fused-ring (bicyclic) bond motifs is 3. The number of thiazole rings is 1. The lowest BCUT2D eigenvalue weighted by atomic mass is 9.95. The fourth-order valence-electron chi connectivity index (χ4n) is 4.48. The molecule has 1 aliphatic rings. The van der Waals surface area contributed by atoms with Gasteiger partial charge in [-0.2, -0.15) is 0 Å². The van der Waals surface area contributed by atoms with Crippen LogP contribution >= 0.6 is 11.3 Å². The van der Waals surface area contributed by atoms with Gasteiger partial charge >= 0.3 is 0 Å². The van der Waals surface area contributed by atoms with Crippen LogP contribution in [0.1, 0.15) is 53.1 Å². The standard InChI is InChI=1S/C27H19FN2O3S/c1-14(2)15-7-9-16(10-8-15)23-22-24(31)18-5-3-4-6-20(18)33-25(22)26(32)30(23)27-29-19-12-11-17(28)13-21(19)34-27/h3-14,23H,1-2H3/t23-/m1/s1. The molecular formula is C27H19FN2O3S. The van der Waals surface area contributed by atoms with Gasteiger partial charge in [-0.3, -0.25) is 14.5 Å². The van der Waals surface area contributed by atoms with Crippen LogP contribution in [0.15, 0.2) is 75.9 Å². The van der Waals surface area contributed by atoms with E-state index in [0.29, 0.717) is 37.8 Å². The molecule has 2 aromatic heterocycles. The molecular weight excluding hydrogens is 451 g/mol. The predicted molar refractivity (Wildman–Crippen MR) is 131 cm³/mol. The first-order valence-corrected chi connectivity index (χ1v) is 11.8. The van der Waals surface area contributed by atoms with E-state index in [2.05, 4.69) is 18.8 Å². The molecule has 5 nitrogen and oxygen atoms in total. The van der Waals surface area contributed by atoms with E-state index in [0.717, 1.165) is 11.1 Å². The number of halogens is 1. The molecule has 0 saturated carbocycles.